The smallest absolute Gasteiger partial charge is 0.307 e. The lowest BCUT2D eigenvalue weighted by molar-refractivity contribution is -0.141. The molecule has 0 radical (unpaired) electrons. The van der Waals surface area contributed by atoms with Crippen LogP contribution < -0.4 is 5.32 Å². The summed E-state index contributed by atoms with van der Waals surface area (Å²) in [5.41, 5.74) is 1.68. The Kier molecular flexibility index (Phi) is 5.40. The molecule has 25 heavy (non-hydrogen) atoms. The van der Waals surface area contributed by atoms with Crippen LogP contribution in [0, 0.1) is 0 Å². The van der Waals surface area contributed by atoms with Crippen molar-refractivity contribution < 1.29 is 14.3 Å². The molecule has 0 saturated carbocycles. The van der Waals surface area contributed by atoms with Gasteiger partial charge in [0.1, 0.15) is 0 Å². The van der Waals surface area contributed by atoms with Crippen molar-refractivity contribution in [3.05, 3.63) is 64.5 Å². The molecule has 0 aliphatic heterocycles. The van der Waals surface area contributed by atoms with Crippen LogP contribution >= 0.6 is 11.3 Å². The minimum atomic E-state index is -0.386. The number of thiophene rings is 1. The highest BCUT2D eigenvalue weighted by molar-refractivity contribution is 7.10. The molecular formula is C19H18N2O3S. The van der Waals surface area contributed by atoms with Crippen LogP contribution in [0.2, 0.25) is 0 Å². The van der Waals surface area contributed by atoms with E-state index in [1.54, 1.807) is 6.20 Å². The molecule has 1 unspecified atom stereocenters. The molecule has 2 heterocycles. The number of methoxy groups -OCH3 is 1. The Morgan fingerprint density at radius 2 is 2.04 bits per heavy atom. The second kappa shape index (κ2) is 7.90. The summed E-state index contributed by atoms with van der Waals surface area (Å²) in [6, 6.07) is 13.0. The van der Waals surface area contributed by atoms with Gasteiger partial charge >= 0.3 is 5.97 Å². The average molecular weight is 354 g/mol. The van der Waals surface area contributed by atoms with Crippen LogP contribution in [0.1, 0.15) is 22.9 Å². The third-order valence-electron chi connectivity index (χ3n) is 3.89. The summed E-state index contributed by atoms with van der Waals surface area (Å²) in [6.07, 6.45) is 2.03. The lowest BCUT2D eigenvalue weighted by Gasteiger charge is -2.16. The number of benzene rings is 1. The Morgan fingerprint density at radius 3 is 2.80 bits per heavy atom. The number of hydrogen-bond donors (Lipinski definition) is 1. The summed E-state index contributed by atoms with van der Waals surface area (Å²) in [5, 5.41) is 5.86. The van der Waals surface area contributed by atoms with E-state index in [1.807, 2.05) is 47.8 Å². The summed E-state index contributed by atoms with van der Waals surface area (Å²) in [7, 11) is 1.34. The molecular weight excluding hydrogens is 336 g/mol. The van der Waals surface area contributed by atoms with Gasteiger partial charge in [-0.25, -0.2) is 0 Å². The zero-order valence-electron chi connectivity index (χ0n) is 13.8. The van der Waals surface area contributed by atoms with Crippen molar-refractivity contribution in [2.24, 2.45) is 0 Å². The van der Waals surface area contributed by atoms with E-state index in [4.69, 9.17) is 4.74 Å². The number of carbonyl (C=O) groups is 2. The highest BCUT2D eigenvalue weighted by Gasteiger charge is 2.20. The Morgan fingerprint density at radius 1 is 1.20 bits per heavy atom. The van der Waals surface area contributed by atoms with Crippen molar-refractivity contribution in [3.63, 3.8) is 0 Å². The standard InChI is InChI=1S/C19H18N2O3S/c1-24-18(23)12-15(16-8-4-10-25-16)21-17(22)11-14-6-2-5-13-7-3-9-20-19(13)14/h2-10,15H,11-12H2,1H3,(H,21,22). The summed E-state index contributed by atoms with van der Waals surface area (Å²) >= 11 is 1.50. The summed E-state index contributed by atoms with van der Waals surface area (Å²) in [5.74, 6) is -0.508. The predicted molar refractivity (Wildman–Crippen MR) is 97.3 cm³/mol. The van der Waals surface area contributed by atoms with Crippen LogP contribution in [0.5, 0.6) is 0 Å². The van der Waals surface area contributed by atoms with E-state index < -0.39 is 0 Å². The van der Waals surface area contributed by atoms with Crippen LogP contribution in [0.25, 0.3) is 10.9 Å². The van der Waals surface area contributed by atoms with Crippen molar-refractivity contribution >= 4 is 34.1 Å². The third kappa shape index (κ3) is 4.22. The third-order valence-corrected chi connectivity index (χ3v) is 4.87. The molecule has 3 rings (SSSR count). The zero-order valence-corrected chi connectivity index (χ0v) is 14.6. The van der Waals surface area contributed by atoms with E-state index in [0.29, 0.717) is 0 Å². The van der Waals surface area contributed by atoms with Crippen LogP contribution in [0.4, 0.5) is 0 Å². The van der Waals surface area contributed by atoms with E-state index in [9.17, 15) is 9.59 Å². The van der Waals surface area contributed by atoms with Crippen LogP contribution in [-0.2, 0) is 20.7 Å². The van der Waals surface area contributed by atoms with E-state index in [0.717, 1.165) is 21.3 Å². The highest BCUT2D eigenvalue weighted by atomic mass is 32.1. The minimum Gasteiger partial charge on any atom is -0.469 e. The number of nitrogens with one attached hydrogen (secondary N) is 1. The van der Waals surface area contributed by atoms with Crippen molar-refractivity contribution in [2.75, 3.05) is 7.11 Å². The van der Waals surface area contributed by atoms with E-state index in [-0.39, 0.29) is 30.8 Å². The van der Waals surface area contributed by atoms with Gasteiger partial charge in [0.15, 0.2) is 0 Å². The molecule has 1 atom stereocenters. The van der Waals surface area contributed by atoms with E-state index in [2.05, 4.69) is 10.3 Å². The molecule has 2 aromatic heterocycles. The molecule has 3 aromatic rings. The predicted octanol–water partition coefficient (Wildman–Crippen LogP) is 3.26. The molecule has 5 nitrogen and oxygen atoms in total. The number of fused-ring (bicyclic) bond motifs is 1. The van der Waals surface area contributed by atoms with Gasteiger partial charge < -0.3 is 10.1 Å². The van der Waals surface area contributed by atoms with Gasteiger partial charge in [0.05, 0.1) is 31.5 Å². The van der Waals surface area contributed by atoms with Crippen molar-refractivity contribution in [3.8, 4) is 0 Å². The second-order valence-electron chi connectivity index (χ2n) is 5.58. The molecule has 0 spiro atoms. The number of pyridine rings is 1. The topological polar surface area (TPSA) is 68.3 Å². The first-order chi connectivity index (χ1) is 12.2. The van der Waals surface area contributed by atoms with Gasteiger partial charge in [-0.2, -0.15) is 0 Å². The molecule has 0 saturated heterocycles. The van der Waals surface area contributed by atoms with Crippen molar-refractivity contribution in [1.82, 2.24) is 10.3 Å². The molecule has 1 amide bonds. The number of aromatic nitrogens is 1. The van der Waals surface area contributed by atoms with Crippen LogP contribution in [0.3, 0.4) is 0 Å². The molecule has 0 fully saturated rings. The first-order valence-corrected chi connectivity index (χ1v) is 8.77. The number of amides is 1. The molecule has 0 aliphatic carbocycles. The maximum Gasteiger partial charge on any atom is 0.307 e. The fourth-order valence-electron chi connectivity index (χ4n) is 2.69. The zero-order chi connectivity index (χ0) is 17.6. The Balaban J connectivity index is 1.76. The largest absolute Gasteiger partial charge is 0.469 e. The monoisotopic (exact) mass is 354 g/mol. The van der Waals surface area contributed by atoms with Gasteiger partial charge in [-0.1, -0.05) is 30.3 Å². The first kappa shape index (κ1) is 17.1. The molecule has 0 bridgehead atoms. The van der Waals surface area contributed by atoms with Gasteiger partial charge in [-0.3, -0.25) is 14.6 Å². The van der Waals surface area contributed by atoms with Crippen molar-refractivity contribution in [1.29, 1.82) is 0 Å². The first-order valence-electron chi connectivity index (χ1n) is 7.89. The van der Waals surface area contributed by atoms with Gasteiger partial charge in [-0.15, -0.1) is 11.3 Å². The number of hydrogen-bond acceptors (Lipinski definition) is 5. The number of carbonyl (C=O) groups excluding carboxylic acids is 2. The SMILES string of the molecule is COC(=O)CC(NC(=O)Cc1cccc2cccnc12)c1cccs1. The van der Waals surface area contributed by atoms with E-state index in [1.165, 1.54) is 18.4 Å². The van der Waals surface area contributed by atoms with Gasteiger partial charge in [-0.05, 0) is 23.1 Å². The summed E-state index contributed by atoms with van der Waals surface area (Å²) in [6.45, 7) is 0. The number of rotatable bonds is 6. The molecule has 128 valence electrons. The molecule has 0 aliphatic rings. The summed E-state index contributed by atoms with van der Waals surface area (Å²) in [4.78, 5) is 29.5. The maximum atomic E-state index is 12.5. The fraction of sp³-hybridized carbons (Fsp3) is 0.211. The van der Waals surface area contributed by atoms with Gasteiger partial charge in [0.2, 0.25) is 5.91 Å². The number of nitrogens with zero attached hydrogens (tertiary/aromatic N) is 1. The summed E-state index contributed by atoms with van der Waals surface area (Å²) < 4.78 is 4.74. The van der Waals surface area contributed by atoms with E-state index >= 15 is 0 Å². The van der Waals surface area contributed by atoms with Gasteiger partial charge in [0, 0.05) is 16.5 Å². The molecule has 1 N–H and O–H groups in total. The fourth-order valence-corrected chi connectivity index (χ4v) is 3.47. The number of esters is 1. The maximum absolute atomic E-state index is 12.5. The molecule has 1 aromatic carbocycles. The molecule has 6 heteroatoms. The second-order valence-corrected chi connectivity index (χ2v) is 6.56. The highest BCUT2D eigenvalue weighted by Crippen LogP contribution is 2.23. The quantitative estimate of drug-likeness (QED) is 0.690. The number of ether oxygens (including phenoxy) is 1. The Hall–Kier alpha value is -2.73. The van der Waals surface area contributed by atoms with Crippen molar-refractivity contribution in [2.45, 2.75) is 18.9 Å². The lowest BCUT2D eigenvalue weighted by atomic mass is 10.1. The Bertz CT molecular complexity index is 872. The number of para-hydroxylation sites is 1. The minimum absolute atomic E-state index is 0.108. The Labute approximate surface area is 149 Å². The lowest BCUT2D eigenvalue weighted by Crippen LogP contribution is -2.31. The van der Waals surface area contributed by atoms with Gasteiger partial charge in [0.25, 0.3) is 0 Å². The van der Waals surface area contributed by atoms with Crippen LogP contribution in [-0.4, -0.2) is 24.0 Å². The average Bonchev–Trinajstić information content (AvgIpc) is 3.16. The van der Waals surface area contributed by atoms with Crippen LogP contribution in [0.15, 0.2) is 54.0 Å². The normalized spacial score (nSPS) is 11.9.